The lowest BCUT2D eigenvalue weighted by Gasteiger charge is -2.45. The molecule has 0 heteroatoms. The third kappa shape index (κ3) is 1.17. The molecule has 0 N–H and O–H groups in total. The second-order valence-electron chi connectivity index (χ2n) is 5.93. The summed E-state index contributed by atoms with van der Waals surface area (Å²) in [5.74, 6) is 3.34. The van der Waals surface area contributed by atoms with Crippen LogP contribution in [0.25, 0.3) is 0 Å². The molecule has 3 atom stereocenters. The van der Waals surface area contributed by atoms with Crippen molar-refractivity contribution in [2.75, 3.05) is 0 Å². The van der Waals surface area contributed by atoms with E-state index in [-0.39, 0.29) is 0 Å². The molecule has 3 fully saturated rings. The zero-order valence-corrected chi connectivity index (χ0v) is 8.89. The molecule has 0 bridgehead atoms. The molecular weight excluding hydrogens is 156 g/mol. The van der Waals surface area contributed by atoms with E-state index in [2.05, 4.69) is 6.92 Å². The van der Waals surface area contributed by atoms with Crippen LogP contribution in [0.3, 0.4) is 0 Å². The molecule has 3 aliphatic rings. The lowest BCUT2D eigenvalue weighted by molar-refractivity contribution is 0.0478. The Morgan fingerprint density at radius 1 is 0.923 bits per heavy atom. The fraction of sp³-hybridized carbons (Fsp3) is 1.00. The van der Waals surface area contributed by atoms with E-state index in [0.717, 1.165) is 23.2 Å². The molecule has 0 heterocycles. The van der Waals surface area contributed by atoms with Gasteiger partial charge in [0.1, 0.15) is 0 Å². The van der Waals surface area contributed by atoms with E-state index in [1.165, 1.54) is 12.8 Å². The molecule has 3 unspecified atom stereocenters. The molecule has 3 rings (SSSR count). The summed E-state index contributed by atoms with van der Waals surface area (Å²) in [6, 6.07) is 0. The van der Waals surface area contributed by atoms with Crippen molar-refractivity contribution in [2.45, 2.75) is 58.3 Å². The quantitative estimate of drug-likeness (QED) is 0.526. The fourth-order valence-electron chi connectivity index (χ4n) is 4.39. The van der Waals surface area contributed by atoms with E-state index in [0.29, 0.717) is 0 Å². The molecule has 0 aromatic rings. The van der Waals surface area contributed by atoms with Crippen LogP contribution >= 0.6 is 0 Å². The summed E-state index contributed by atoms with van der Waals surface area (Å²) in [6.45, 7) is 2.51. The van der Waals surface area contributed by atoms with Crippen LogP contribution in [0.2, 0.25) is 0 Å². The minimum absolute atomic E-state index is 0.900. The molecule has 0 saturated heterocycles. The summed E-state index contributed by atoms with van der Waals surface area (Å²) in [4.78, 5) is 0. The SMILES string of the molecule is CC1CCCC2C1CCCC21CC1. The van der Waals surface area contributed by atoms with Gasteiger partial charge in [0, 0.05) is 0 Å². The van der Waals surface area contributed by atoms with Crippen molar-refractivity contribution in [3.05, 3.63) is 0 Å². The topological polar surface area (TPSA) is 0 Å². The van der Waals surface area contributed by atoms with E-state index >= 15 is 0 Å². The van der Waals surface area contributed by atoms with Crippen molar-refractivity contribution in [3.8, 4) is 0 Å². The Balaban J connectivity index is 1.83. The highest BCUT2D eigenvalue weighted by Gasteiger charge is 2.54. The second kappa shape index (κ2) is 2.74. The third-order valence-corrected chi connectivity index (χ3v) is 5.31. The maximum Gasteiger partial charge on any atom is -0.0266 e. The summed E-state index contributed by atoms with van der Waals surface area (Å²) in [5, 5.41) is 0. The summed E-state index contributed by atoms with van der Waals surface area (Å²) in [6.07, 6.45) is 12.5. The van der Waals surface area contributed by atoms with Crippen molar-refractivity contribution < 1.29 is 0 Å². The average molecular weight is 178 g/mol. The first kappa shape index (κ1) is 8.32. The monoisotopic (exact) mass is 178 g/mol. The van der Waals surface area contributed by atoms with E-state index in [9.17, 15) is 0 Å². The van der Waals surface area contributed by atoms with E-state index in [1.54, 1.807) is 38.5 Å². The standard InChI is InChI=1S/C13H22/c1-10-4-2-6-12-11(10)5-3-7-13(12)8-9-13/h10-12H,2-9H2,1H3. The predicted octanol–water partition coefficient (Wildman–Crippen LogP) is 4.00. The first-order valence-corrected chi connectivity index (χ1v) is 6.32. The van der Waals surface area contributed by atoms with Gasteiger partial charge in [-0.2, -0.15) is 0 Å². The first-order chi connectivity index (χ1) is 6.32. The first-order valence-electron chi connectivity index (χ1n) is 6.32. The van der Waals surface area contributed by atoms with E-state index in [1.807, 2.05) is 0 Å². The van der Waals surface area contributed by atoms with Crippen LogP contribution < -0.4 is 0 Å². The third-order valence-electron chi connectivity index (χ3n) is 5.31. The summed E-state index contributed by atoms with van der Waals surface area (Å²) in [5.41, 5.74) is 0.900. The Morgan fingerprint density at radius 2 is 1.77 bits per heavy atom. The molecule has 0 radical (unpaired) electrons. The van der Waals surface area contributed by atoms with Crippen LogP contribution in [0.5, 0.6) is 0 Å². The maximum atomic E-state index is 2.51. The lowest BCUT2D eigenvalue weighted by atomic mass is 9.60. The highest BCUT2D eigenvalue weighted by molar-refractivity contribution is 5.04. The molecule has 0 amide bonds. The largest absolute Gasteiger partial charge is 0.0622 e. The van der Waals surface area contributed by atoms with Crippen molar-refractivity contribution in [3.63, 3.8) is 0 Å². The van der Waals surface area contributed by atoms with Crippen molar-refractivity contribution in [2.24, 2.45) is 23.2 Å². The molecule has 13 heavy (non-hydrogen) atoms. The van der Waals surface area contributed by atoms with E-state index < -0.39 is 0 Å². The minimum atomic E-state index is 0.900. The molecule has 1 spiro atoms. The van der Waals surface area contributed by atoms with Gasteiger partial charge in [-0.25, -0.2) is 0 Å². The highest BCUT2D eigenvalue weighted by atomic mass is 14.6. The van der Waals surface area contributed by atoms with Gasteiger partial charge in [0.25, 0.3) is 0 Å². The highest BCUT2D eigenvalue weighted by Crippen LogP contribution is 2.64. The average Bonchev–Trinajstić information content (AvgIpc) is 2.89. The molecule has 0 aromatic heterocycles. The van der Waals surface area contributed by atoms with Gasteiger partial charge < -0.3 is 0 Å². The van der Waals surface area contributed by atoms with Gasteiger partial charge in [-0.1, -0.05) is 26.2 Å². The Morgan fingerprint density at radius 3 is 2.54 bits per heavy atom. The Labute approximate surface area is 82.1 Å². The van der Waals surface area contributed by atoms with Crippen LogP contribution in [0, 0.1) is 23.2 Å². The number of fused-ring (bicyclic) bond motifs is 2. The summed E-state index contributed by atoms with van der Waals surface area (Å²) < 4.78 is 0. The van der Waals surface area contributed by atoms with Gasteiger partial charge in [-0.15, -0.1) is 0 Å². The smallest absolute Gasteiger partial charge is 0.0266 e. The van der Waals surface area contributed by atoms with Gasteiger partial charge in [0.15, 0.2) is 0 Å². The zero-order chi connectivity index (χ0) is 8.89. The maximum absolute atomic E-state index is 2.51. The van der Waals surface area contributed by atoms with Crippen molar-refractivity contribution in [1.29, 1.82) is 0 Å². The van der Waals surface area contributed by atoms with Crippen molar-refractivity contribution >= 4 is 0 Å². The summed E-state index contributed by atoms with van der Waals surface area (Å²) in [7, 11) is 0. The van der Waals surface area contributed by atoms with Crippen LogP contribution in [0.4, 0.5) is 0 Å². The van der Waals surface area contributed by atoms with Crippen LogP contribution in [0.1, 0.15) is 58.3 Å². The molecular formula is C13H22. The number of hydrogen-bond donors (Lipinski definition) is 0. The zero-order valence-electron chi connectivity index (χ0n) is 8.89. The molecule has 74 valence electrons. The molecule has 0 aliphatic heterocycles. The lowest BCUT2D eigenvalue weighted by Crippen LogP contribution is -2.36. The second-order valence-corrected chi connectivity index (χ2v) is 5.93. The summed E-state index contributed by atoms with van der Waals surface area (Å²) >= 11 is 0. The van der Waals surface area contributed by atoms with Gasteiger partial charge in [0.05, 0.1) is 0 Å². The van der Waals surface area contributed by atoms with Gasteiger partial charge in [-0.05, 0) is 55.3 Å². The molecule has 0 aromatic carbocycles. The predicted molar refractivity (Wildman–Crippen MR) is 55.5 cm³/mol. The van der Waals surface area contributed by atoms with Gasteiger partial charge >= 0.3 is 0 Å². The number of hydrogen-bond acceptors (Lipinski definition) is 0. The Kier molecular flexibility index (Phi) is 1.76. The molecule has 0 nitrogen and oxygen atoms in total. The minimum Gasteiger partial charge on any atom is -0.0622 e. The Hall–Kier alpha value is 0. The van der Waals surface area contributed by atoms with Gasteiger partial charge in [-0.3, -0.25) is 0 Å². The molecule has 3 aliphatic carbocycles. The van der Waals surface area contributed by atoms with E-state index in [4.69, 9.17) is 0 Å². The van der Waals surface area contributed by atoms with Crippen molar-refractivity contribution in [1.82, 2.24) is 0 Å². The Bertz CT molecular complexity index is 202. The molecule has 3 saturated carbocycles. The van der Waals surface area contributed by atoms with Crippen LogP contribution in [-0.4, -0.2) is 0 Å². The van der Waals surface area contributed by atoms with Crippen LogP contribution in [-0.2, 0) is 0 Å². The fourth-order valence-corrected chi connectivity index (χ4v) is 4.39. The van der Waals surface area contributed by atoms with Crippen LogP contribution in [0.15, 0.2) is 0 Å². The normalized spacial score (nSPS) is 47.3. The number of rotatable bonds is 0. The van der Waals surface area contributed by atoms with Gasteiger partial charge in [0.2, 0.25) is 0 Å².